The second-order valence-corrected chi connectivity index (χ2v) is 15.8. The molecule has 7 aromatic rings. The number of hydrogen-bond acceptors (Lipinski definition) is 2. The standard InChI is InChI=1S/C43H27INO/c1-43-40-22-19-32-33-23-25(26-18-21-39-34(24-26)30-12-5-7-16-38(30)46-39)17-20-37(33)45(42(32)43)36-15-6-4-11-29(36)27-9-2-3-10-28(27)31-13-8-14-35(44-40)41(31)43/h2-24,42H,1H3/q-1. The van der Waals surface area contributed by atoms with Gasteiger partial charge < -0.3 is 0 Å². The minimum absolute atomic E-state index is 0.123. The van der Waals surface area contributed by atoms with Crippen LogP contribution in [-0.2, 0) is 5.41 Å². The molecule has 0 radical (unpaired) electrons. The van der Waals surface area contributed by atoms with Gasteiger partial charge >= 0.3 is 261 Å². The summed E-state index contributed by atoms with van der Waals surface area (Å²) in [5.74, 6) is 0. The van der Waals surface area contributed by atoms with Crippen molar-refractivity contribution in [3.63, 3.8) is 0 Å². The number of rotatable bonds is 1. The topological polar surface area (TPSA) is 16.4 Å². The van der Waals surface area contributed by atoms with E-state index in [9.17, 15) is 0 Å². The van der Waals surface area contributed by atoms with Crippen LogP contribution in [0.25, 0.3) is 60.9 Å². The molecule has 218 valence electrons. The molecule has 3 aliphatic heterocycles. The summed E-state index contributed by atoms with van der Waals surface area (Å²) in [6.45, 7) is 2.54. The van der Waals surface area contributed by atoms with Crippen LogP contribution >= 0.6 is 0 Å². The molecule has 0 fully saturated rings. The van der Waals surface area contributed by atoms with Crippen LogP contribution in [0.2, 0.25) is 0 Å². The van der Waals surface area contributed by atoms with E-state index in [0.717, 1.165) is 16.6 Å². The summed E-state index contributed by atoms with van der Waals surface area (Å²) in [7, 11) is 0. The van der Waals surface area contributed by atoms with Gasteiger partial charge in [0.1, 0.15) is 0 Å². The van der Waals surface area contributed by atoms with Crippen molar-refractivity contribution in [1.29, 1.82) is 0 Å². The van der Waals surface area contributed by atoms with Gasteiger partial charge in [0.15, 0.2) is 0 Å². The number of halogens is 1. The Bertz CT molecular complexity index is 2550. The SMILES string of the molecule is CC12C3=CC=C4c5cc(-c6ccc7oc8ccccc8c7c6)ccc5N(c5ccccc5-c5ccccc5-c5cccc(c51)[I-]3)C42. The molecule has 6 aromatic carbocycles. The molecule has 0 saturated heterocycles. The summed E-state index contributed by atoms with van der Waals surface area (Å²) in [5.41, 5.74) is 16.4. The molecule has 2 unspecified atom stereocenters. The van der Waals surface area contributed by atoms with E-state index in [1.807, 2.05) is 6.07 Å². The number of nitrogens with zero attached hydrogens (tertiary/aromatic N) is 1. The Labute approximate surface area is 277 Å². The first-order valence-corrected chi connectivity index (χ1v) is 18.1. The third-order valence-corrected chi connectivity index (χ3v) is 14.2. The zero-order chi connectivity index (χ0) is 30.1. The van der Waals surface area contributed by atoms with Crippen molar-refractivity contribution < 1.29 is 25.6 Å². The number of benzene rings is 6. The van der Waals surface area contributed by atoms with Gasteiger partial charge in [-0.15, -0.1) is 0 Å². The van der Waals surface area contributed by atoms with E-state index >= 15 is 0 Å². The maximum absolute atomic E-state index is 6.16. The van der Waals surface area contributed by atoms with E-state index in [0.29, 0.717) is 0 Å². The summed E-state index contributed by atoms with van der Waals surface area (Å²) < 4.78 is 9.35. The Hall–Kier alpha value is -4.87. The first kappa shape index (κ1) is 25.3. The molecule has 11 rings (SSSR count). The van der Waals surface area contributed by atoms with Gasteiger partial charge in [-0.05, 0) is 6.07 Å². The van der Waals surface area contributed by atoms with E-state index in [-0.39, 0.29) is 32.7 Å². The fraction of sp³-hybridized carbons (Fsp3) is 0.0698. The Balaban J connectivity index is 1.19. The summed E-state index contributed by atoms with van der Waals surface area (Å²) in [6, 6.07) is 47.5. The third kappa shape index (κ3) is 3.12. The van der Waals surface area contributed by atoms with E-state index < -0.39 is 0 Å². The molecular formula is C43H27INO-. The van der Waals surface area contributed by atoms with Crippen molar-refractivity contribution in [3.8, 4) is 33.4 Å². The van der Waals surface area contributed by atoms with Crippen molar-refractivity contribution in [2.45, 2.75) is 18.4 Å². The zero-order valence-corrected chi connectivity index (χ0v) is 27.2. The minimum atomic E-state index is -0.262. The monoisotopic (exact) mass is 700 g/mol. The van der Waals surface area contributed by atoms with Crippen molar-refractivity contribution in [2.24, 2.45) is 0 Å². The van der Waals surface area contributed by atoms with E-state index in [4.69, 9.17) is 4.42 Å². The molecule has 3 heteroatoms. The predicted octanol–water partition coefficient (Wildman–Crippen LogP) is 7.93. The number of fused-ring (bicyclic) bond motifs is 11. The van der Waals surface area contributed by atoms with Crippen LogP contribution in [0.15, 0.2) is 148 Å². The third-order valence-electron chi connectivity index (χ3n) is 10.7. The molecule has 0 amide bonds. The number of allylic oxidation sites excluding steroid dienone is 2. The summed E-state index contributed by atoms with van der Waals surface area (Å²) >= 11 is -0.262. The Kier molecular flexibility index (Phi) is 4.90. The molecule has 0 N–H and O–H groups in total. The molecule has 2 atom stereocenters. The van der Waals surface area contributed by atoms with Crippen LogP contribution in [-0.4, -0.2) is 6.04 Å². The average Bonchev–Trinajstić information content (AvgIpc) is 3.75. The van der Waals surface area contributed by atoms with Gasteiger partial charge in [-0.25, -0.2) is 0 Å². The van der Waals surface area contributed by atoms with Crippen LogP contribution in [0.4, 0.5) is 11.4 Å². The molecule has 1 aliphatic carbocycles. The van der Waals surface area contributed by atoms with Crippen molar-refractivity contribution in [3.05, 3.63) is 158 Å². The van der Waals surface area contributed by atoms with E-state index in [1.54, 1.807) is 12.7 Å². The van der Waals surface area contributed by atoms with Crippen LogP contribution in [0.1, 0.15) is 18.1 Å². The molecule has 4 heterocycles. The molecule has 1 aromatic heterocycles. The van der Waals surface area contributed by atoms with Crippen LogP contribution < -0.4 is 26.1 Å². The molecule has 0 saturated carbocycles. The molecule has 4 aliphatic rings. The molecule has 46 heavy (non-hydrogen) atoms. The average molecular weight is 701 g/mol. The summed E-state index contributed by atoms with van der Waals surface area (Å²) in [5, 5.41) is 2.33. The van der Waals surface area contributed by atoms with Gasteiger partial charge in [-0.3, -0.25) is 0 Å². The first-order valence-electron chi connectivity index (χ1n) is 15.9. The van der Waals surface area contributed by atoms with E-state index in [2.05, 4.69) is 145 Å². The Morgan fingerprint density at radius 1 is 0.587 bits per heavy atom. The maximum atomic E-state index is 6.16. The molecule has 0 bridgehead atoms. The van der Waals surface area contributed by atoms with Gasteiger partial charge in [0, 0.05) is 0 Å². The number of furan rings is 1. The summed E-state index contributed by atoms with van der Waals surface area (Å²) in [6.07, 6.45) is 4.94. The molecule has 2 nitrogen and oxygen atoms in total. The van der Waals surface area contributed by atoms with Gasteiger partial charge in [0.2, 0.25) is 0 Å². The zero-order valence-electron chi connectivity index (χ0n) is 25.1. The number of hydrogen-bond donors (Lipinski definition) is 0. The fourth-order valence-corrected chi connectivity index (χ4v) is 12.3. The van der Waals surface area contributed by atoms with Gasteiger partial charge in [-0.1, -0.05) is 12.1 Å². The van der Waals surface area contributed by atoms with Crippen molar-refractivity contribution in [1.82, 2.24) is 0 Å². The van der Waals surface area contributed by atoms with Crippen LogP contribution in [0.3, 0.4) is 0 Å². The normalized spacial score (nSPS) is 20.0. The predicted molar refractivity (Wildman–Crippen MR) is 185 cm³/mol. The van der Waals surface area contributed by atoms with Crippen LogP contribution in [0.5, 0.6) is 0 Å². The fourth-order valence-electron chi connectivity index (χ4n) is 8.69. The van der Waals surface area contributed by atoms with Gasteiger partial charge in [0.05, 0.1) is 0 Å². The van der Waals surface area contributed by atoms with Crippen LogP contribution in [0, 0.1) is 3.57 Å². The summed E-state index contributed by atoms with van der Waals surface area (Å²) in [4.78, 5) is 2.69. The molecular weight excluding hydrogens is 673 g/mol. The van der Waals surface area contributed by atoms with Crippen molar-refractivity contribution in [2.75, 3.05) is 4.90 Å². The number of anilines is 2. The van der Waals surface area contributed by atoms with Crippen molar-refractivity contribution >= 4 is 38.9 Å². The Morgan fingerprint density at radius 3 is 2.20 bits per heavy atom. The quantitative estimate of drug-likeness (QED) is 0.162. The number of para-hydroxylation sites is 2. The van der Waals surface area contributed by atoms with Gasteiger partial charge in [0.25, 0.3) is 0 Å². The second-order valence-electron chi connectivity index (χ2n) is 13.0. The van der Waals surface area contributed by atoms with Gasteiger partial charge in [-0.2, -0.15) is 0 Å². The molecule has 0 spiro atoms. The second kappa shape index (κ2) is 8.89. The first-order chi connectivity index (χ1) is 22.7. The van der Waals surface area contributed by atoms with E-state index in [1.165, 1.54) is 61.3 Å². The Morgan fingerprint density at radius 2 is 1.28 bits per heavy atom.